The maximum atomic E-state index is 13.3. The van der Waals surface area contributed by atoms with Crippen LogP contribution in [-0.2, 0) is 21.5 Å². The van der Waals surface area contributed by atoms with Crippen molar-refractivity contribution < 1.29 is 17.5 Å². The predicted molar refractivity (Wildman–Crippen MR) is 69.3 cm³/mol. The van der Waals surface area contributed by atoms with E-state index in [1.807, 2.05) is 0 Å². The smallest absolute Gasteiger partial charge is 0.279 e. The van der Waals surface area contributed by atoms with Gasteiger partial charge in [0, 0.05) is 19.6 Å². The molecule has 0 unspecified atom stereocenters. The Morgan fingerprint density at radius 3 is 2.68 bits per heavy atom. The highest BCUT2D eigenvalue weighted by Crippen LogP contribution is 2.10. The lowest BCUT2D eigenvalue weighted by molar-refractivity contribution is 0.0725. The van der Waals surface area contributed by atoms with Crippen molar-refractivity contribution in [2.45, 2.75) is 13.5 Å². The van der Waals surface area contributed by atoms with Crippen molar-refractivity contribution in [2.24, 2.45) is 0 Å². The monoisotopic (exact) mass is 288 g/mol. The number of aryl methyl sites for hydroxylation is 1. The Hall–Kier alpha value is -1.02. The molecule has 1 fully saturated rings. The molecule has 7 heteroatoms. The highest BCUT2D eigenvalue weighted by molar-refractivity contribution is 7.87. The molecule has 1 aromatic rings. The lowest BCUT2D eigenvalue weighted by Crippen LogP contribution is -2.46. The maximum Gasteiger partial charge on any atom is 0.279 e. The Bertz CT molecular complexity index is 542. The van der Waals surface area contributed by atoms with Gasteiger partial charge in [0.05, 0.1) is 13.2 Å². The lowest BCUT2D eigenvalue weighted by Gasteiger charge is -2.26. The van der Waals surface area contributed by atoms with Crippen molar-refractivity contribution in [2.75, 3.05) is 26.3 Å². The summed E-state index contributed by atoms with van der Waals surface area (Å²) < 4.78 is 46.2. The van der Waals surface area contributed by atoms with Crippen LogP contribution in [0.2, 0.25) is 0 Å². The van der Waals surface area contributed by atoms with E-state index >= 15 is 0 Å². The zero-order valence-electron chi connectivity index (χ0n) is 10.7. The number of nitrogens with one attached hydrogen (secondary N) is 1. The van der Waals surface area contributed by atoms with Gasteiger partial charge in [-0.05, 0) is 24.1 Å². The summed E-state index contributed by atoms with van der Waals surface area (Å²) in [4.78, 5) is 0. The van der Waals surface area contributed by atoms with Crippen LogP contribution in [0.15, 0.2) is 18.2 Å². The molecule has 106 valence electrons. The van der Waals surface area contributed by atoms with E-state index in [9.17, 15) is 12.8 Å². The number of hydrogen-bond acceptors (Lipinski definition) is 3. The van der Waals surface area contributed by atoms with E-state index in [-0.39, 0.29) is 12.4 Å². The van der Waals surface area contributed by atoms with Crippen LogP contribution in [0.4, 0.5) is 4.39 Å². The predicted octanol–water partition coefficient (Wildman–Crippen LogP) is 0.801. The van der Waals surface area contributed by atoms with Crippen LogP contribution < -0.4 is 4.72 Å². The lowest BCUT2D eigenvalue weighted by atomic mass is 10.1. The number of ether oxygens (including phenoxy) is 1. The molecule has 1 N–H and O–H groups in total. The highest BCUT2D eigenvalue weighted by atomic mass is 32.2. The second-order valence-electron chi connectivity index (χ2n) is 4.42. The highest BCUT2D eigenvalue weighted by Gasteiger charge is 2.23. The van der Waals surface area contributed by atoms with Gasteiger partial charge >= 0.3 is 0 Å². The van der Waals surface area contributed by atoms with Gasteiger partial charge in [-0.2, -0.15) is 17.4 Å². The average Bonchev–Trinajstić information content (AvgIpc) is 2.41. The molecular weight excluding hydrogens is 271 g/mol. The minimum absolute atomic E-state index is 0.0802. The first-order chi connectivity index (χ1) is 8.99. The van der Waals surface area contributed by atoms with Crippen molar-refractivity contribution in [1.82, 2.24) is 9.03 Å². The molecule has 0 aliphatic carbocycles. The Morgan fingerprint density at radius 2 is 2.05 bits per heavy atom. The van der Waals surface area contributed by atoms with Gasteiger partial charge < -0.3 is 4.74 Å². The molecule has 1 aliphatic heterocycles. The molecule has 1 heterocycles. The van der Waals surface area contributed by atoms with Gasteiger partial charge in [-0.15, -0.1) is 0 Å². The first-order valence-electron chi connectivity index (χ1n) is 6.06. The van der Waals surface area contributed by atoms with Crippen molar-refractivity contribution in [3.05, 3.63) is 35.1 Å². The Kier molecular flexibility index (Phi) is 4.51. The number of halogens is 1. The Labute approximate surface area is 112 Å². The van der Waals surface area contributed by atoms with Crippen LogP contribution >= 0.6 is 0 Å². The second kappa shape index (κ2) is 5.96. The fourth-order valence-corrected chi connectivity index (χ4v) is 2.96. The fourth-order valence-electron chi connectivity index (χ4n) is 1.80. The van der Waals surface area contributed by atoms with Crippen molar-refractivity contribution in [3.63, 3.8) is 0 Å². The van der Waals surface area contributed by atoms with Gasteiger partial charge in [0.25, 0.3) is 10.2 Å². The van der Waals surface area contributed by atoms with E-state index in [1.54, 1.807) is 19.1 Å². The summed E-state index contributed by atoms with van der Waals surface area (Å²) in [7, 11) is -3.52. The molecule has 0 aromatic heterocycles. The molecule has 0 spiro atoms. The largest absolute Gasteiger partial charge is 0.379 e. The molecule has 19 heavy (non-hydrogen) atoms. The van der Waals surface area contributed by atoms with Gasteiger partial charge in [-0.3, -0.25) is 0 Å². The second-order valence-corrected chi connectivity index (χ2v) is 6.18. The quantitative estimate of drug-likeness (QED) is 0.891. The molecule has 0 saturated carbocycles. The van der Waals surface area contributed by atoms with E-state index in [1.165, 1.54) is 10.4 Å². The summed E-state index contributed by atoms with van der Waals surface area (Å²) in [6.45, 7) is 3.24. The van der Waals surface area contributed by atoms with E-state index in [2.05, 4.69) is 4.72 Å². The number of benzene rings is 1. The molecule has 1 aromatic carbocycles. The van der Waals surface area contributed by atoms with E-state index in [0.29, 0.717) is 37.4 Å². The first-order valence-corrected chi connectivity index (χ1v) is 7.50. The molecular formula is C12H17FN2O3S. The number of nitrogens with zero attached hydrogens (tertiary/aromatic N) is 1. The van der Waals surface area contributed by atoms with Crippen molar-refractivity contribution in [1.29, 1.82) is 0 Å². The van der Waals surface area contributed by atoms with Crippen LogP contribution in [0.1, 0.15) is 11.1 Å². The SMILES string of the molecule is Cc1ccc(CNS(=O)(=O)N2CCOCC2)cc1F. The van der Waals surface area contributed by atoms with Gasteiger partial charge in [-0.25, -0.2) is 4.39 Å². The standard InChI is InChI=1S/C12H17FN2O3S/c1-10-2-3-11(8-12(10)13)9-14-19(16,17)15-4-6-18-7-5-15/h2-3,8,14H,4-7,9H2,1H3. The third-order valence-corrected chi connectivity index (χ3v) is 4.56. The van der Waals surface area contributed by atoms with Crippen LogP contribution in [0.3, 0.4) is 0 Å². The molecule has 5 nitrogen and oxygen atoms in total. The van der Waals surface area contributed by atoms with Crippen LogP contribution in [0.5, 0.6) is 0 Å². The zero-order valence-corrected chi connectivity index (χ0v) is 11.5. The number of morpholine rings is 1. The minimum atomic E-state index is -3.52. The minimum Gasteiger partial charge on any atom is -0.379 e. The average molecular weight is 288 g/mol. The molecule has 0 radical (unpaired) electrons. The molecule has 1 saturated heterocycles. The summed E-state index contributed by atoms with van der Waals surface area (Å²) in [5, 5.41) is 0. The van der Waals surface area contributed by atoms with E-state index in [4.69, 9.17) is 4.74 Å². The van der Waals surface area contributed by atoms with E-state index in [0.717, 1.165) is 0 Å². The summed E-state index contributed by atoms with van der Waals surface area (Å²) in [6.07, 6.45) is 0. The number of rotatable bonds is 4. The van der Waals surface area contributed by atoms with Crippen LogP contribution in [-0.4, -0.2) is 39.0 Å². The molecule has 1 aliphatic rings. The topological polar surface area (TPSA) is 58.6 Å². The fraction of sp³-hybridized carbons (Fsp3) is 0.500. The van der Waals surface area contributed by atoms with Gasteiger partial charge in [-0.1, -0.05) is 12.1 Å². The Balaban J connectivity index is 1.98. The third-order valence-electron chi connectivity index (χ3n) is 3.00. The third kappa shape index (κ3) is 3.73. The Morgan fingerprint density at radius 1 is 1.37 bits per heavy atom. The van der Waals surface area contributed by atoms with Crippen molar-refractivity contribution >= 4 is 10.2 Å². The van der Waals surface area contributed by atoms with Crippen LogP contribution in [0, 0.1) is 12.7 Å². The molecule has 0 amide bonds. The molecule has 2 rings (SSSR count). The summed E-state index contributed by atoms with van der Waals surface area (Å²) in [5.41, 5.74) is 1.14. The maximum absolute atomic E-state index is 13.3. The summed E-state index contributed by atoms with van der Waals surface area (Å²) >= 11 is 0. The first kappa shape index (κ1) is 14.4. The number of hydrogen-bond donors (Lipinski definition) is 1. The molecule has 0 atom stereocenters. The van der Waals surface area contributed by atoms with E-state index < -0.39 is 10.2 Å². The van der Waals surface area contributed by atoms with Crippen LogP contribution in [0.25, 0.3) is 0 Å². The van der Waals surface area contributed by atoms with Gasteiger partial charge in [0.2, 0.25) is 0 Å². The van der Waals surface area contributed by atoms with Gasteiger partial charge in [0.15, 0.2) is 0 Å². The summed E-state index contributed by atoms with van der Waals surface area (Å²) in [5.74, 6) is -0.330. The zero-order chi connectivity index (χ0) is 13.9. The normalized spacial score (nSPS) is 17.6. The van der Waals surface area contributed by atoms with Crippen molar-refractivity contribution in [3.8, 4) is 0 Å². The molecule has 0 bridgehead atoms. The van der Waals surface area contributed by atoms with Gasteiger partial charge in [0.1, 0.15) is 5.82 Å². The summed E-state index contributed by atoms with van der Waals surface area (Å²) in [6, 6.07) is 4.69.